The third-order valence-electron chi connectivity index (χ3n) is 0.556. The molecule has 0 aliphatic carbocycles. The first-order valence-electron chi connectivity index (χ1n) is 1.70. The van der Waals surface area contributed by atoms with Gasteiger partial charge in [0.1, 0.15) is 6.26 Å². The van der Waals surface area contributed by atoms with Gasteiger partial charge in [-0.25, -0.2) is 0 Å². The molecule has 0 aromatic rings. The maximum absolute atomic E-state index is 6.68. The average molecular weight is 85.1 g/mol. The fourth-order valence-electron chi connectivity index (χ4n) is 0.298. The van der Waals surface area contributed by atoms with Gasteiger partial charge in [-0.15, -0.1) is 5.84 Å². The zero-order valence-electron chi connectivity index (χ0n) is 3.22. The van der Waals surface area contributed by atoms with E-state index in [2.05, 4.69) is 4.84 Å². The Hall–Kier alpha value is -0.540. The lowest BCUT2D eigenvalue weighted by atomic mass is 10.7. The van der Waals surface area contributed by atoms with E-state index in [1.165, 1.54) is 6.26 Å². The molecule has 0 amide bonds. The van der Waals surface area contributed by atoms with Gasteiger partial charge >= 0.3 is 0 Å². The van der Waals surface area contributed by atoms with Gasteiger partial charge in [-0.05, 0) is 6.08 Å². The Kier molecular flexibility index (Phi) is 0.777. The summed E-state index contributed by atoms with van der Waals surface area (Å²) < 4.78 is 0. The second-order valence-corrected chi connectivity index (χ2v) is 1.04. The predicted molar refractivity (Wildman–Crippen MR) is 20.0 cm³/mol. The third-order valence-corrected chi connectivity index (χ3v) is 0.556. The van der Waals surface area contributed by atoms with Crippen LogP contribution in [0.2, 0.25) is 0 Å². The molecule has 0 saturated heterocycles. The van der Waals surface area contributed by atoms with Gasteiger partial charge in [0.15, 0.2) is 0 Å². The molecule has 0 atom stereocenters. The molecular weight excluding hydrogens is 80.0 g/mol. The normalized spacial score (nSPS) is 21.5. The highest BCUT2D eigenvalue weighted by Crippen LogP contribution is 1.92. The quantitative estimate of drug-likeness (QED) is 0.413. The van der Waals surface area contributed by atoms with Crippen LogP contribution in [0.5, 0.6) is 0 Å². The van der Waals surface area contributed by atoms with Crippen molar-refractivity contribution in [2.75, 3.05) is 6.54 Å². The Bertz CT molecular complexity index is 63.2. The van der Waals surface area contributed by atoms with Gasteiger partial charge in [-0.1, -0.05) is 5.17 Å². The van der Waals surface area contributed by atoms with E-state index >= 15 is 0 Å². The molecule has 1 N–H and O–H groups in total. The molecule has 33 valence electrons. The van der Waals surface area contributed by atoms with Crippen molar-refractivity contribution in [1.82, 2.24) is 11.0 Å². The molecule has 3 heteroatoms. The summed E-state index contributed by atoms with van der Waals surface area (Å²) in [5, 5.41) is 1.00. The van der Waals surface area contributed by atoms with Gasteiger partial charge in [-0.2, -0.15) is 0 Å². The maximum Gasteiger partial charge on any atom is 0.111 e. The van der Waals surface area contributed by atoms with E-state index in [0.29, 0.717) is 6.54 Å². The summed E-state index contributed by atoms with van der Waals surface area (Å²) in [6.45, 7) is 0.583. The predicted octanol–water partition coefficient (Wildman–Crippen LogP) is -0.0548. The molecule has 1 heterocycles. The summed E-state index contributed by atoms with van der Waals surface area (Å²) in [6, 6.07) is 0. The number of hydroxylamine groups is 1. The molecule has 0 spiro atoms. The van der Waals surface area contributed by atoms with E-state index in [1.54, 1.807) is 6.08 Å². The van der Waals surface area contributed by atoms with Crippen LogP contribution in [0.1, 0.15) is 0 Å². The fourth-order valence-corrected chi connectivity index (χ4v) is 0.298. The number of hydrogen-bond acceptors (Lipinski definition) is 2. The second-order valence-electron chi connectivity index (χ2n) is 1.04. The summed E-state index contributed by atoms with van der Waals surface area (Å²) in [6.07, 6.45) is 3.26. The molecule has 0 aromatic heterocycles. The van der Waals surface area contributed by atoms with E-state index in [9.17, 15) is 0 Å². The van der Waals surface area contributed by atoms with Crippen molar-refractivity contribution < 1.29 is 4.84 Å². The summed E-state index contributed by atoms with van der Waals surface area (Å²) in [7, 11) is 0. The Morgan fingerprint density at radius 1 is 1.83 bits per heavy atom. The SMILES string of the molecule is [NH]N1CC=CO1. The highest BCUT2D eigenvalue weighted by Gasteiger charge is 1.97. The lowest BCUT2D eigenvalue weighted by Crippen LogP contribution is -2.13. The van der Waals surface area contributed by atoms with Crippen LogP contribution >= 0.6 is 0 Å². The molecule has 1 aliphatic rings. The standard InChI is InChI=1S/C3H5N2O/c4-5-2-1-3-6-5/h1,3-4H,2H2. The molecule has 0 aromatic carbocycles. The van der Waals surface area contributed by atoms with E-state index < -0.39 is 0 Å². The molecule has 1 rings (SSSR count). The van der Waals surface area contributed by atoms with E-state index in [1.807, 2.05) is 0 Å². The topological polar surface area (TPSA) is 36.3 Å². The monoisotopic (exact) mass is 85.0 g/mol. The minimum absolute atomic E-state index is 0.583. The molecule has 1 aliphatic heterocycles. The first-order valence-corrected chi connectivity index (χ1v) is 1.70. The van der Waals surface area contributed by atoms with Crippen LogP contribution in [0.4, 0.5) is 0 Å². The van der Waals surface area contributed by atoms with Gasteiger partial charge in [0.25, 0.3) is 0 Å². The third kappa shape index (κ3) is 0.502. The van der Waals surface area contributed by atoms with Crippen molar-refractivity contribution in [3.63, 3.8) is 0 Å². The first-order chi connectivity index (χ1) is 2.89. The Balaban J connectivity index is 2.32. The molecule has 0 unspecified atom stereocenters. The molecular formula is C3H5N2O. The first kappa shape index (κ1) is 3.64. The number of nitrogens with zero attached hydrogens (tertiary/aromatic N) is 1. The van der Waals surface area contributed by atoms with Crippen LogP contribution in [0.3, 0.4) is 0 Å². The van der Waals surface area contributed by atoms with Gasteiger partial charge in [-0.3, -0.25) is 0 Å². The second kappa shape index (κ2) is 1.28. The lowest BCUT2D eigenvalue weighted by Gasteiger charge is -2.00. The van der Waals surface area contributed by atoms with Crippen molar-refractivity contribution in [3.05, 3.63) is 12.3 Å². The van der Waals surface area contributed by atoms with E-state index in [-0.39, 0.29) is 0 Å². The van der Waals surface area contributed by atoms with Crippen molar-refractivity contribution >= 4 is 0 Å². The molecule has 1 radical (unpaired) electrons. The summed E-state index contributed by atoms with van der Waals surface area (Å²) >= 11 is 0. The maximum atomic E-state index is 6.68. The summed E-state index contributed by atoms with van der Waals surface area (Å²) in [4.78, 5) is 4.47. The van der Waals surface area contributed by atoms with Gasteiger partial charge in [0.05, 0.1) is 6.54 Å². The van der Waals surface area contributed by atoms with Crippen LogP contribution in [-0.2, 0) is 4.84 Å². The molecule has 0 fully saturated rings. The zero-order valence-corrected chi connectivity index (χ0v) is 3.22. The van der Waals surface area contributed by atoms with Crippen molar-refractivity contribution in [2.24, 2.45) is 0 Å². The number of hydrogen-bond donors (Lipinski definition) is 0. The lowest BCUT2D eigenvalue weighted by molar-refractivity contribution is -0.0863. The van der Waals surface area contributed by atoms with Crippen LogP contribution in [0.25, 0.3) is 0 Å². The van der Waals surface area contributed by atoms with Crippen molar-refractivity contribution in [3.8, 4) is 0 Å². The van der Waals surface area contributed by atoms with Crippen molar-refractivity contribution in [2.45, 2.75) is 0 Å². The zero-order chi connectivity index (χ0) is 4.41. The van der Waals surface area contributed by atoms with Gasteiger partial charge in [0, 0.05) is 0 Å². The molecule has 0 saturated carbocycles. The highest BCUT2D eigenvalue weighted by molar-refractivity contribution is 4.78. The summed E-state index contributed by atoms with van der Waals surface area (Å²) in [5.41, 5.74) is 0. The fraction of sp³-hybridized carbons (Fsp3) is 0.333. The van der Waals surface area contributed by atoms with Crippen LogP contribution in [0, 0.1) is 0 Å². The van der Waals surface area contributed by atoms with Crippen LogP contribution in [0.15, 0.2) is 12.3 Å². The van der Waals surface area contributed by atoms with Gasteiger partial charge < -0.3 is 4.84 Å². The average Bonchev–Trinajstić information content (AvgIpc) is 1.86. The Labute approximate surface area is 35.9 Å². The minimum atomic E-state index is 0.583. The molecule has 0 bridgehead atoms. The molecule has 3 nitrogen and oxygen atoms in total. The van der Waals surface area contributed by atoms with Crippen LogP contribution < -0.4 is 5.84 Å². The highest BCUT2D eigenvalue weighted by atomic mass is 16.7. The van der Waals surface area contributed by atoms with Gasteiger partial charge in [0.2, 0.25) is 0 Å². The van der Waals surface area contributed by atoms with E-state index in [4.69, 9.17) is 5.84 Å². The number of nitrogens with one attached hydrogen (secondary N) is 1. The Morgan fingerprint density at radius 2 is 2.67 bits per heavy atom. The minimum Gasteiger partial charge on any atom is -0.398 e. The Morgan fingerprint density at radius 3 is 2.83 bits per heavy atom. The smallest absolute Gasteiger partial charge is 0.111 e. The van der Waals surface area contributed by atoms with E-state index in [0.717, 1.165) is 5.17 Å². The number of rotatable bonds is 0. The van der Waals surface area contributed by atoms with Crippen molar-refractivity contribution in [1.29, 1.82) is 0 Å². The summed E-state index contributed by atoms with van der Waals surface area (Å²) in [5.74, 6) is 6.68. The largest absolute Gasteiger partial charge is 0.398 e. The molecule has 6 heavy (non-hydrogen) atoms. The van der Waals surface area contributed by atoms with Crippen LogP contribution in [-0.4, -0.2) is 11.7 Å².